The van der Waals surface area contributed by atoms with Crippen molar-refractivity contribution in [2.45, 2.75) is 13.3 Å². The van der Waals surface area contributed by atoms with Crippen LogP contribution >= 0.6 is 0 Å². The Hall–Kier alpha value is -2.97. The largest absolute Gasteiger partial charge is 0.381 e. The Kier molecular flexibility index (Phi) is 5.22. The van der Waals surface area contributed by atoms with Crippen LogP contribution in [0, 0.1) is 17.7 Å². The van der Waals surface area contributed by atoms with Crippen molar-refractivity contribution < 1.29 is 9.13 Å². The number of hydrogen-bond donors (Lipinski definition) is 0. The Balaban J connectivity index is 1.88. The van der Waals surface area contributed by atoms with Crippen LogP contribution in [0.2, 0.25) is 0 Å². The Morgan fingerprint density at radius 1 is 1.20 bits per heavy atom. The molecule has 2 heterocycles. The number of nitrogens with zero attached hydrogens (tertiary/aromatic N) is 2. The molecule has 0 aliphatic carbocycles. The maximum Gasteiger partial charge on any atom is 0.261 e. The van der Waals surface area contributed by atoms with Gasteiger partial charge in [0.2, 0.25) is 0 Å². The highest BCUT2D eigenvalue weighted by molar-refractivity contribution is 5.50. The van der Waals surface area contributed by atoms with Gasteiger partial charge in [0, 0.05) is 42.1 Å². The lowest BCUT2D eigenvalue weighted by Gasteiger charge is -2.04. The first-order valence-corrected chi connectivity index (χ1v) is 8.03. The van der Waals surface area contributed by atoms with Crippen LogP contribution in [0.15, 0.2) is 53.6 Å². The predicted molar refractivity (Wildman–Crippen MR) is 94.0 cm³/mol. The van der Waals surface area contributed by atoms with Gasteiger partial charge in [0.15, 0.2) is 0 Å². The third kappa shape index (κ3) is 4.11. The molecule has 3 rings (SSSR count). The van der Waals surface area contributed by atoms with Crippen LogP contribution < -0.4 is 5.56 Å². The number of ether oxygens (including phenoxy) is 1. The Bertz CT molecular complexity index is 1020. The quantitative estimate of drug-likeness (QED) is 0.544. The van der Waals surface area contributed by atoms with Crippen molar-refractivity contribution >= 4 is 5.65 Å². The van der Waals surface area contributed by atoms with E-state index in [2.05, 4.69) is 16.8 Å². The summed E-state index contributed by atoms with van der Waals surface area (Å²) in [5, 5.41) is 0. The van der Waals surface area contributed by atoms with Gasteiger partial charge >= 0.3 is 0 Å². The first-order valence-electron chi connectivity index (χ1n) is 8.03. The van der Waals surface area contributed by atoms with E-state index in [1.807, 2.05) is 6.92 Å². The molecular weight excluding hydrogens is 319 g/mol. The summed E-state index contributed by atoms with van der Waals surface area (Å²) in [4.78, 5) is 16.8. The fourth-order valence-electron chi connectivity index (χ4n) is 2.40. The molecule has 0 fully saturated rings. The van der Waals surface area contributed by atoms with Gasteiger partial charge in [-0.1, -0.05) is 17.9 Å². The summed E-state index contributed by atoms with van der Waals surface area (Å²) in [5.41, 5.74) is 2.34. The maximum absolute atomic E-state index is 13.2. The molecule has 0 aliphatic heterocycles. The summed E-state index contributed by atoms with van der Waals surface area (Å²) in [6.45, 7) is 3.03. The van der Waals surface area contributed by atoms with Crippen molar-refractivity contribution in [2.75, 3.05) is 13.2 Å². The van der Waals surface area contributed by atoms with Gasteiger partial charge in [0.05, 0.1) is 6.61 Å². The number of pyridine rings is 1. The van der Waals surface area contributed by atoms with E-state index < -0.39 is 0 Å². The van der Waals surface area contributed by atoms with Crippen molar-refractivity contribution in [1.82, 2.24) is 9.38 Å². The minimum Gasteiger partial charge on any atom is -0.381 e. The van der Waals surface area contributed by atoms with Crippen LogP contribution in [-0.4, -0.2) is 22.6 Å². The first-order chi connectivity index (χ1) is 12.2. The topological polar surface area (TPSA) is 43.6 Å². The molecule has 126 valence electrons. The molecule has 1 aromatic carbocycles. The van der Waals surface area contributed by atoms with Gasteiger partial charge < -0.3 is 4.74 Å². The van der Waals surface area contributed by atoms with Gasteiger partial charge in [-0.15, -0.1) is 0 Å². The van der Waals surface area contributed by atoms with Gasteiger partial charge in [-0.3, -0.25) is 9.20 Å². The van der Waals surface area contributed by atoms with Crippen LogP contribution in [0.3, 0.4) is 0 Å². The zero-order chi connectivity index (χ0) is 17.6. The maximum atomic E-state index is 13.2. The minimum atomic E-state index is -0.321. The van der Waals surface area contributed by atoms with E-state index in [0.29, 0.717) is 42.0 Å². The molecule has 0 aliphatic rings. The number of benzene rings is 1. The lowest BCUT2D eigenvalue weighted by atomic mass is 10.2. The summed E-state index contributed by atoms with van der Waals surface area (Å²) < 4.78 is 19.9. The highest BCUT2D eigenvalue weighted by atomic mass is 19.1. The SMILES string of the molecule is CCOCCc1cnc2cc(C#Cc3cccc(F)c3)ccn2c1=O. The summed E-state index contributed by atoms with van der Waals surface area (Å²) in [6, 6.07) is 9.59. The van der Waals surface area contributed by atoms with Gasteiger partial charge in [-0.05, 0) is 37.3 Å². The number of halogens is 1. The standard InChI is InChI=1S/C20H17FN2O2/c1-2-25-11-9-17-14-22-19-13-16(8-10-23(19)20(17)24)7-6-15-4-3-5-18(21)12-15/h3-5,8,10,12-14H,2,9,11H2,1H3. The summed E-state index contributed by atoms with van der Waals surface area (Å²) in [5.74, 6) is 5.55. The van der Waals surface area contributed by atoms with E-state index in [4.69, 9.17) is 4.74 Å². The monoisotopic (exact) mass is 336 g/mol. The zero-order valence-electron chi connectivity index (χ0n) is 13.8. The van der Waals surface area contributed by atoms with Crippen LogP contribution in [0.5, 0.6) is 0 Å². The van der Waals surface area contributed by atoms with Crippen LogP contribution in [-0.2, 0) is 11.2 Å². The van der Waals surface area contributed by atoms with Crippen LogP contribution in [0.1, 0.15) is 23.6 Å². The number of aromatic nitrogens is 2. The van der Waals surface area contributed by atoms with Gasteiger partial charge in [0.25, 0.3) is 5.56 Å². The molecule has 0 amide bonds. The molecular formula is C20H17FN2O2. The van der Waals surface area contributed by atoms with Crippen LogP contribution in [0.25, 0.3) is 5.65 Å². The molecule has 0 bridgehead atoms. The van der Waals surface area contributed by atoms with E-state index in [1.54, 1.807) is 36.7 Å². The average molecular weight is 336 g/mol. The fraction of sp³-hybridized carbons (Fsp3) is 0.200. The number of hydrogen-bond acceptors (Lipinski definition) is 3. The average Bonchev–Trinajstić information content (AvgIpc) is 2.62. The normalized spacial score (nSPS) is 10.5. The van der Waals surface area contributed by atoms with Gasteiger partial charge in [-0.25, -0.2) is 9.37 Å². The molecule has 0 atom stereocenters. The van der Waals surface area contributed by atoms with Crippen molar-refractivity contribution in [3.63, 3.8) is 0 Å². The molecule has 4 nitrogen and oxygen atoms in total. The summed E-state index contributed by atoms with van der Waals surface area (Å²) in [7, 11) is 0. The number of rotatable bonds is 4. The Morgan fingerprint density at radius 2 is 2.00 bits per heavy atom. The molecule has 0 saturated carbocycles. The van der Waals surface area contributed by atoms with E-state index in [0.717, 1.165) is 0 Å². The molecule has 0 radical (unpaired) electrons. The second-order valence-corrected chi connectivity index (χ2v) is 5.44. The van der Waals surface area contributed by atoms with E-state index in [9.17, 15) is 9.18 Å². The molecule has 3 aromatic rings. The van der Waals surface area contributed by atoms with Gasteiger partial charge in [-0.2, -0.15) is 0 Å². The lowest BCUT2D eigenvalue weighted by Crippen LogP contribution is -2.20. The van der Waals surface area contributed by atoms with Crippen molar-refractivity contribution in [2.24, 2.45) is 0 Å². The third-order valence-corrected chi connectivity index (χ3v) is 3.68. The summed E-state index contributed by atoms with van der Waals surface area (Å²) >= 11 is 0. The predicted octanol–water partition coefficient (Wildman–Crippen LogP) is 2.81. The molecule has 2 aromatic heterocycles. The van der Waals surface area contributed by atoms with Crippen molar-refractivity contribution in [3.05, 3.63) is 81.7 Å². The molecule has 0 spiro atoms. The molecule has 5 heteroatoms. The summed E-state index contributed by atoms with van der Waals surface area (Å²) in [6.07, 6.45) is 3.77. The van der Waals surface area contributed by atoms with Crippen molar-refractivity contribution in [1.29, 1.82) is 0 Å². The minimum absolute atomic E-state index is 0.102. The smallest absolute Gasteiger partial charge is 0.261 e. The molecule has 25 heavy (non-hydrogen) atoms. The molecule has 0 saturated heterocycles. The second kappa shape index (κ2) is 7.73. The zero-order valence-corrected chi connectivity index (χ0v) is 13.8. The fourth-order valence-corrected chi connectivity index (χ4v) is 2.40. The van der Waals surface area contributed by atoms with E-state index in [1.165, 1.54) is 16.5 Å². The van der Waals surface area contributed by atoms with E-state index in [-0.39, 0.29) is 11.4 Å². The Labute approximate surface area is 144 Å². The van der Waals surface area contributed by atoms with Gasteiger partial charge in [0.1, 0.15) is 11.5 Å². The van der Waals surface area contributed by atoms with Crippen LogP contribution in [0.4, 0.5) is 4.39 Å². The molecule has 0 N–H and O–H groups in total. The highest BCUT2D eigenvalue weighted by Crippen LogP contribution is 2.05. The first kappa shape index (κ1) is 16.9. The van der Waals surface area contributed by atoms with Crippen molar-refractivity contribution in [3.8, 4) is 11.8 Å². The second-order valence-electron chi connectivity index (χ2n) is 5.44. The van der Waals surface area contributed by atoms with E-state index >= 15 is 0 Å². The Morgan fingerprint density at radius 3 is 2.76 bits per heavy atom. The molecule has 0 unspecified atom stereocenters. The lowest BCUT2D eigenvalue weighted by molar-refractivity contribution is 0.150. The highest BCUT2D eigenvalue weighted by Gasteiger charge is 2.05. The third-order valence-electron chi connectivity index (χ3n) is 3.68. The number of fused-ring (bicyclic) bond motifs is 1.